The zero-order valence-electron chi connectivity index (χ0n) is 8.98. The van der Waals surface area contributed by atoms with E-state index in [9.17, 15) is 0 Å². The van der Waals surface area contributed by atoms with Gasteiger partial charge in [0.1, 0.15) is 0 Å². The molecule has 1 fully saturated rings. The molecule has 0 aromatic heterocycles. The normalized spacial score (nSPS) is 30.2. The highest BCUT2D eigenvalue weighted by molar-refractivity contribution is 6.79. The van der Waals surface area contributed by atoms with Crippen LogP contribution in [0.15, 0.2) is 0 Å². The third kappa shape index (κ3) is 2.11. The lowest BCUT2D eigenvalue weighted by Crippen LogP contribution is -2.50. The van der Waals surface area contributed by atoms with Gasteiger partial charge >= 0.3 is 0 Å². The maximum atomic E-state index is 6.22. The van der Waals surface area contributed by atoms with Crippen molar-refractivity contribution in [1.29, 1.82) is 0 Å². The van der Waals surface area contributed by atoms with E-state index in [2.05, 4.69) is 26.9 Å². The second-order valence-electron chi connectivity index (χ2n) is 5.61. The summed E-state index contributed by atoms with van der Waals surface area (Å²) < 4.78 is 0. The summed E-state index contributed by atoms with van der Waals surface area (Å²) in [6, 6.07) is 1.48. The van der Waals surface area contributed by atoms with Gasteiger partial charge in [0.25, 0.3) is 0 Å². The Morgan fingerprint density at radius 2 is 1.83 bits per heavy atom. The van der Waals surface area contributed by atoms with Crippen LogP contribution in [0.3, 0.4) is 0 Å². The monoisotopic (exact) mass is 185 g/mol. The summed E-state index contributed by atoms with van der Waals surface area (Å²) in [6.45, 7) is 9.42. The van der Waals surface area contributed by atoms with Gasteiger partial charge in [-0.3, -0.25) is 0 Å². The SMILES string of the molecule is CC(C)(N)C1CCCC[Si]1(C)C. The first-order valence-corrected chi connectivity index (χ1v) is 8.41. The summed E-state index contributed by atoms with van der Waals surface area (Å²) in [5, 5.41) is 0. The number of nitrogens with two attached hydrogens (primary N) is 1. The zero-order chi connectivity index (χ0) is 9.41. The summed E-state index contributed by atoms with van der Waals surface area (Å²) in [6.07, 6.45) is 4.23. The average Bonchev–Trinajstić information content (AvgIpc) is 1.83. The van der Waals surface area contributed by atoms with Crippen LogP contribution in [0.4, 0.5) is 0 Å². The smallest absolute Gasteiger partial charge is 0.0524 e. The Morgan fingerprint density at radius 1 is 1.25 bits per heavy atom. The molecule has 1 nitrogen and oxygen atoms in total. The zero-order valence-corrected chi connectivity index (χ0v) is 9.98. The third-order valence-corrected chi connectivity index (χ3v) is 7.97. The minimum atomic E-state index is -0.980. The molecule has 0 aromatic rings. The average molecular weight is 185 g/mol. The number of hydrogen-bond donors (Lipinski definition) is 1. The molecule has 72 valence electrons. The van der Waals surface area contributed by atoms with Gasteiger partial charge in [0.05, 0.1) is 8.07 Å². The summed E-state index contributed by atoms with van der Waals surface area (Å²) in [7, 11) is -0.980. The fourth-order valence-corrected chi connectivity index (χ4v) is 7.38. The summed E-state index contributed by atoms with van der Waals surface area (Å²) >= 11 is 0. The lowest BCUT2D eigenvalue weighted by Gasteiger charge is -2.44. The van der Waals surface area contributed by atoms with Crippen molar-refractivity contribution in [3.05, 3.63) is 0 Å². The molecule has 0 amide bonds. The van der Waals surface area contributed by atoms with E-state index in [-0.39, 0.29) is 5.54 Å². The van der Waals surface area contributed by atoms with Crippen LogP contribution in [0.25, 0.3) is 0 Å². The summed E-state index contributed by atoms with van der Waals surface area (Å²) in [4.78, 5) is 0. The molecular formula is C10H23NSi. The van der Waals surface area contributed by atoms with Crippen LogP contribution in [0, 0.1) is 0 Å². The van der Waals surface area contributed by atoms with Crippen LogP contribution in [0.5, 0.6) is 0 Å². The van der Waals surface area contributed by atoms with Crippen molar-refractivity contribution in [1.82, 2.24) is 0 Å². The molecule has 12 heavy (non-hydrogen) atoms. The van der Waals surface area contributed by atoms with E-state index in [4.69, 9.17) is 5.73 Å². The summed E-state index contributed by atoms with van der Waals surface area (Å²) in [5.41, 5.74) is 7.12. The second-order valence-corrected chi connectivity index (χ2v) is 10.8. The van der Waals surface area contributed by atoms with Crippen molar-refractivity contribution in [2.45, 2.75) is 63.3 Å². The largest absolute Gasteiger partial charge is 0.326 e. The van der Waals surface area contributed by atoms with Gasteiger partial charge in [0, 0.05) is 5.54 Å². The van der Waals surface area contributed by atoms with Crippen molar-refractivity contribution in [3.63, 3.8) is 0 Å². The Hall–Kier alpha value is 0.177. The fourth-order valence-electron chi connectivity index (χ4n) is 2.87. The van der Waals surface area contributed by atoms with Crippen LogP contribution < -0.4 is 5.73 Å². The molecule has 1 atom stereocenters. The maximum absolute atomic E-state index is 6.22. The first kappa shape index (κ1) is 10.3. The topological polar surface area (TPSA) is 26.0 Å². The van der Waals surface area contributed by atoms with Gasteiger partial charge in [-0.2, -0.15) is 0 Å². The first-order chi connectivity index (χ1) is 5.34. The number of rotatable bonds is 1. The van der Waals surface area contributed by atoms with E-state index in [1.807, 2.05) is 0 Å². The Bertz CT molecular complexity index is 158. The Kier molecular flexibility index (Phi) is 2.69. The van der Waals surface area contributed by atoms with E-state index in [1.165, 1.54) is 25.3 Å². The molecule has 1 rings (SSSR count). The molecule has 0 radical (unpaired) electrons. The molecule has 1 aliphatic heterocycles. The fraction of sp³-hybridized carbons (Fsp3) is 1.00. The van der Waals surface area contributed by atoms with Crippen molar-refractivity contribution in [2.24, 2.45) is 5.73 Å². The van der Waals surface area contributed by atoms with Gasteiger partial charge in [0.15, 0.2) is 0 Å². The van der Waals surface area contributed by atoms with Gasteiger partial charge in [-0.15, -0.1) is 0 Å². The Balaban J connectivity index is 2.73. The summed E-state index contributed by atoms with van der Waals surface area (Å²) in [5.74, 6) is 0. The lowest BCUT2D eigenvalue weighted by molar-refractivity contribution is 0.420. The molecule has 0 bridgehead atoms. The minimum Gasteiger partial charge on any atom is -0.326 e. The van der Waals surface area contributed by atoms with E-state index >= 15 is 0 Å². The molecular weight excluding hydrogens is 162 g/mol. The van der Waals surface area contributed by atoms with Crippen molar-refractivity contribution >= 4 is 8.07 Å². The predicted octanol–water partition coefficient (Wildman–Crippen LogP) is 2.99. The van der Waals surface area contributed by atoms with Crippen LogP contribution >= 0.6 is 0 Å². The van der Waals surface area contributed by atoms with Crippen molar-refractivity contribution in [2.75, 3.05) is 0 Å². The predicted molar refractivity (Wildman–Crippen MR) is 58.2 cm³/mol. The molecule has 1 saturated heterocycles. The Morgan fingerprint density at radius 3 is 2.17 bits per heavy atom. The van der Waals surface area contributed by atoms with Crippen LogP contribution in [0.2, 0.25) is 24.7 Å². The van der Waals surface area contributed by atoms with Gasteiger partial charge in [-0.05, 0) is 19.4 Å². The highest BCUT2D eigenvalue weighted by Crippen LogP contribution is 2.42. The third-order valence-electron chi connectivity index (χ3n) is 3.41. The standard InChI is InChI=1S/C10H23NSi/c1-10(2,11)9-7-5-6-8-12(9,3)4/h9H,5-8,11H2,1-4H3. The molecule has 0 aliphatic carbocycles. The Labute approximate surface area is 77.7 Å². The van der Waals surface area contributed by atoms with Crippen LogP contribution in [0.1, 0.15) is 33.1 Å². The van der Waals surface area contributed by atoms with Crippen LogP contribution in [-0.2, 0) is 0 Å². The minimum absolute atomic E-state index is 0.0656. The molecule has 1 aliphatic rings. The molecule has 0 saturated carbocycles. The second kappa shape index (κ2) is 3.15. The first-order valence-electron chi connectivity index (χ1n) is 5.13. The maximum Gasteiger partial charge on any atom is 0.0524 e. The van der Waals surface area contributed by atoms with E-state index in [0.717, 1.165) is 5.54 Å². The van der Waals surface area contributed by atoms with Crippen LogP contribution in [-0.4, -0.2) is 13.6 Å². The molecule has 0 spiro atoms. The van der Waals surface area contributed by atoms with E-state index in [0.29, 0.717) is 0 Å². The van der Waals surface area contributed by atoms with Gasteiger partial charge < -0.3 is 5.73 Å². The molecule has 2 heteroatoms. The van der Waals surface area contributed by atoms with E-state index in [1.54, 1.807) is 0 Å². The van der Waals surface area contributed by atoms with Gasteiger partial charge in [0.2, 0.25) is 0 Å². The molecule has 0 aromatic carbocycles. The molecule has 1 heterocycles. The van der Waals surface area contributed by atoms with E-state index < -0.39 is 8.07 Å². The lowest BCUT2D eigenvalue weighted by atomic mass is 9.97. The highest BCUT2D eigenvalue weighted by atomic mass is 28.3. The molecule has 1 unspecified atom stereocenters. The highest BCUT2D eigenvalue weighted by Gasteiger charge is 2.41. The van der Waals surface area contributed by atoms with Gasteiger partial charge in [-0.1, -0.05) is 38.4 Å². The quantitative estimate of drug-likeness (QED) is 0.624. The van der Waals surface area contributed by atoms with Gasteiger partial charge in [-0.25, -0.2) is 0 Å². The number of hydrogen-bond acceptors (Lipinski definition) is 1. The van der Waals surface area contributed by atoms with Crippen molar-refractivity contribution in [3.8, 4) is 0 Å². The van der Waals surface area contributed by atoms with Crippen molar-refractivity contribution < 1.29 is 0 Å². The molecule has 2 N–H and O–H groups in total.